The van der Waals surface area contributed by atoms with Crippen LogP contribution in [0.5, 0.6) is 0 Å². The van der Waals surface area contributed by atoms with Gasteiger partial charge < -0.3 is 10.4 Å². The SMILES string of the molecule is Cc1ccc(C(=O)O)c(NCC(C)(C)c2cccs2)n1. The van der Waals surface area contributed by atoms with Gasteiger partial charge in [0, 0.05) is 22.5 Å². The number of carbonyl (C=O) groups is 1. The third kappa shape index (κ3) is 3.17. The van der Waals surface area contributed by atoms with Gasteiger partial charge in [0.2, 0.25) is 0 Å². The maximum Gasteiger partial charge on any atom is 0.339 e. The van der Waals surface area contributed by atoms with Gasteiger partial charge in [-0.3, -0.25) is 0 Å². The van der Waals surface area contributed by atoms with E-state index in [2.05, 4.69) is 30.2 Å². The fourth-order valence-corrected chi connectivity index (χ4v) is 2.77. The molecule has 20 heavy (non-hydrogen) atoms. The first kappa shape index (κ1) is 14.5. The highest BCUT2D eigenvalue weighted by atomic mass is 32.1. The summed E-state index contributed by atoms with van der Waals surface area (Å²) in [4.78, 5) is 16.8. The van der Waals surface area contributed by atoms with Crippen LogP contribution in [-0.2, 0) is 5.41 Å². The van der Waals surface area contributed by atoms with Gasteiger partial charge in [0.05, 0.1) is 0 Å². The molecule has 0 fully saturated rings. The largest absolute Gasteiger partial charge is 0.478 e. The molecule has 0 saturated carbocycles. The highest BCUT2D eigenvalue weighted by molar-refractivity contribution is 7.10. The van der Waals surface area contributed by atoms with Crippen molar-refractivity contribution in [2.45, 2.75) is 26.2 Å². The molecule has 2 aromatic rings. The Morgan fingerprint density at radius 3 is 2.75 bits per heavy atom. The zero-order valence-corrected chi connectivity index (χ0v) is 12.6. The average molecular weight is 290 g/mol. The second-order valence-electron chi connectivity index (χ2n) is 5.37. The number of carboxylic acid groups (broad SMARTS) is 1. The third-order valence-corrected chi connectivity index (χ3v) is 4.39. The summed E-state index contributed by atoms with van der Waals surface area (Å²) in [6, 6.07) is 7.41. The first-order chi connectivity index (χ1) is 9.40. The van der Waals surface area contributed by atoms with Crippen LogP contribution in [0.1, 0.15) is 34.8 Å². The Kier molecular flexibility index (Phi) is 4.09. The molecule has 5 heteroatoms. The van der Waals surface area contributed by atoms with Crippen molar-refractivity contribution in [1.82, 2.24) is 4.98 Å². The van der Waals surface area contributed by atoms with E-state index in [1.807, 2.05) is 18.4 Å². The van der Waals surface area contributed by atoms with E-state index in [4.69, 9.17) is 0 Å². The molecule has 0 aliphatic carbocycles. The van der Waals surface area contributed by atoms with Crippen LogP contribution in [0.4, 0.5) is 5.82 Å². The van der Waals surface area contributed by atoms with Crippen molar-refractivity contribution in [3.05, 3.63) is 45.8 Å². The quantitative estimate of drug-likeness (QED) is 0.884. The number of aryl methyl sites for hydroxylation is 1. The average Bonchev–Trinajstić information content (AvgIpc) is 2.90. The molecule has 0 saturated heterocycles. The van der Waals surface area contributed by atoms with E-state index in [1.54, 1.807) is 23.5 Å². The van der Waals surface area contributed by atoms with Gasteiger partial charge in [-0.05, 0) is 30.5 Å². The number of nitrogens with one attached hydrogen (secondary N) is 1. The molecular weight excluding hydrogens is 272 g/mol. The second kappa shape index (κ2) is 5.63. The van der Waals surface area contributed by atoms with Crippen LogP contribution in [0.15, 0.2) is 29.6 Å². The van der Waals surface area contributed by atoms with E-state index in [9.17, 15) is 9.90 Å². The standard InChI is InChI=1S/C15H18N2O2S/c1-10-6-7-11(14(18)19)13(17-10)16-9-15(2,3)12-5-4-8-20-12/h4-8H,9H2,1-3H3,(H,16,17)(H,18,19). The Labute approximate surface area is 122 Å². The first-order valence-corrected chi connectivity index (χ1v) is 7.27. The fourth-order valence-electron chi connectivity index (χ4n) is 1.92. The van der Waals surface area contributed by atoms with E-state index in [1.165, 1.54) is 4.88 Å². The van der Waals surface area contributed by atoms with Crippen LogP contribution in [0, 0.1) is 6.92 Å². The molecule has 0 aromatic carbocycles. The number of hydrogen-bond acceptors (Lipinski definition) is 4. The Morgan fingerprint density at radius 2 is 2.15 bits per heavy atom. The normalized spacial score (nSPS) is 11.3. The van der Waals surface area contributed by atoms with Gasteiger partial charge in [-0.2, -0.15) is 0 Å². The first-order valence-electron chi connectivity index (χ1n) is 6.39. The molecular formula is C15H18N2O2S. The summed E-state index contributed by atoms with van der Waals surface area (Å²) in [6.45, 7) is 6.73. The summed E-state index contributed by atoms with van der Waals surface area (Å²) in [7, 11) is 0. The van der Waals surface area contributed by atoms with E-state index in [-0.39, 0.29) is 11.0 Å². The van der Waals surface area contributed by atoms with Crippen LogP contribution < -0.4 is 5.32 Å². The molecule has 0 spiro atoms. The number of thiophene rings is 1. The van der Waals surface area contributed by atoms with Gasteiger partial charge in [0.1, 0.15) is 11.4 Å². The number of aromatic carboxylic acids is 1. The number of aromatic nitrogens is 1. The van der Waals surface area contributed by atoms with Gasteiger partial charge >= 0.3 is 5.97 Å². The number of pyridine rings is 1. The smallest absolute Gasteiger partial charge is 0.339 e. The summed E-state index contributed by atoms with van der Waals surface area (Å²) >= 11 is 1.70. The van der Waals surface area contributed by atoms with Gasteiger partial charge in [-0.15, -0.1) is 11.3 Å². The molecule has 0 bridgehead atoms. The van der Waals surface area contributed by atoms with Gasteiger partial charge in [-0.1, -0.05) is 19.9 Å². The van der Waals surface area contributed by atoms with E-state index < -0.39 is 5.97 Å². The maximum atomic E-state index is 11.2. The van der Waals surface area contributed by atoms with Crippen molar-refractivity contribution in [3.8, 4) is 0 Å². The third-order valence-electron chi connectivity index (χ3n) is 3.15. The van der Waals surface area contributed by atoms with Gasteiger partial charge in [0.25, 0.3) is 0 Å². The lowest BCUT2D eigenvalue weighted by atomic mass is 9.91. The second-order valence-corrected chi connectivity index (χ2v) is 6.32. The topological polar surface area (TPSA) is 62.2 Å². The molecule has 0 aliphatic heterocycles. The monoisotopic (exact) mass is 290 g/mol. The maximum absolute atomic E-state index is 11.2. The number of nitrogens with zero attached hydrogens (tertiary/aromatic N) is 1. The molecule has 2 rings (SSSR count). The van der Waals surface area contributed by atoms with Gasteiger partial charge in [-0.25, -0.2) is 9.78 Å². The minimum atomic E-state index is -0.964. The molecule has 0 unspecified atom stereocenters. The zero-order chi connectivity index (χ0) is 14.8. The van der Waals surface area contributed by atoms with Crippen molar-refractivity contribution >= 4 is 23.1 Å². The Morgan fingerprint density at radius 1 is 1.40 bits per heavy atom. The van der Waals surface area contributed by atoms with E-state index >= 15 is 0 Å². The molecule has 0 radical (unpaired) electrons. The van der Waals surface area contributed by atoms with E-state index in [0.29, 0.717) is 12.4 Å². The highest BCUT2D eigenvalue weighted by Gasteiger charge is 2.22. The Hall–Kier alpha value is -1.88. The Balaban J connectivity index is 2.19. The molecule has 0 aliphatic rings. The lowest BCUT2D eigenvalue weighted by molar-refractivity contribution is 0.0697. The minimum absolute atomic E-state index is 0.0740. The highest BCUT2D eigenvalue weighted by Crippen LogP contribution is 2.28. The molecule has 2 aromatic heterocycles. The van der Waals surface area contributed by atoms with Crippen molar-refractivity contribution in [2.24, 2.45) is 0 Å². The molecule has 4 nitrogen and oxygen atoms in total. The number of anilines is 1. The van der Waals surface area contributed by atoms with Crippen molar-refractivity contribution in [1.29, 1.82) is 0 Å². The molecule has 2 heterocycles. The summed E-state index contributed by atoms with van der Waals surface area (Å²) in [6.07, 6.45) is 0. The number of hydrogen-bond donors (Lipinski definition) is 2. The predicted octanol–water partition coefficient (Wildman–Crippen LogP) is 3.54. The predicted molar refractivity (Wildman–Crippen MR) is 81.8 cm³/mol. The summed E-state index contributed by atoms with van der Waals surface area (Å²) < 4.78 is 0. The van der Waals surface area contributed by atoms with Crippen LogP contribution in [0.2, 0.25) is 0 Å². The number of carboxylic acids is 1. The zero-order valence-electron chi connectivity index (χ0n) is 11.8. The van der Waals surface area contributed by atoms with Crippen LogP contribution in [0.3, 0.4) is 0 Å². The van der Waals surface area contributed by atoms with Crippen LogP contribution in [-0.4, -0.2) is 22.6 Å². The molecule has 0 amide bonds. The fraction of sp³-hybridized carbons (Fsp3) is 0.333. The lowest BCUT2D eigenvalue weighted by Crippen LogP contribution is -2.27. The van der Waals surface area contributed by atoms with Crippen LogP contribution >= 0.6 is 11.3 Å². The Bertz CT molecular complexity index is 606. The van der Waals surface area contributed by atoms with Crippen molar-refractivity contribution < 1.29 is 9.90 Å². The molecule has 0 atom stereocenters. The molecule has 106 valence electrons. The number of rotatable bonds is 5. The van der Waals surface area contributed by atoms with Crippen molar-refractivity contribution in [2.75, 3.05) is 11.9 Å². The lowest BCUT2D eigenvalue weighted by Gasteiger charge is -2.24. The summed E-state index contributed by atoms with van der Waals surface area (Å²) in [5.41, 5.74) is 0.930. The molecule has 2 N–H and O–H groups in total. The minimum Gasteiger partial charge on any atom is -0.478 e. The van der Waals surface area contributed by atoms with Crippen LogP contribution in [0.25, 0.3) is 0 Å². The summed E-state index contributed by atoms with van der Waals surface area (Å²) in [5.74, 6) is -0.531. The summed E-state index contributed by atoms with van der Waals surface area (Å²) in [5, 5.41) is 14.4. The van der Waals surface area contributed by atoms with Crippen molar-refractivity contribution in [3.63, 3.8) is 0 Å². The van der Waals surface area contributed by atoms with Gasteiger partial charge in [0.15, 0.2) is 0 Å². The van der Waals surface area contributed by atoms with E-state index in [0.717, 1.165) is 5.69 Å².